The lowest BCUT2D eigenvalue weighted by molar-refractivity contribution is -0.130. The monoisotopic (exact) mass is 247 g/mol. The molecule has 0 spiro atoms. The Labute approximate surface area is 109 Å². The predicted octanol–water partition coefficient (Wildman–Crippen LogP) is 2.44. The highest BCUT2D eigenvalue weighted by Crippen LogP contribution is 2.23. The number of allylic oxidation sites excluding steroid dienone is 1. The van der Waals surface area contributed by atoms with E-state index in [2.05, 4.69) is 11.9 Å². The van der Waals surface area contributed by atoms with Gasteiger partial charge >= 0.3 is 0 Å². The topological polar surface area (TPSA) is 49.3 Å². The average Bonchev–Trinajstić information content (AvgIpc) is 2.36. The smallest absolute Gasteiger partial charge is 0.226 e. The zero-order valence-corrected chi connectivity index (χ0v) is 11.0. The van der Waals surface area contributed by atoms with Crippen LogP contribution < -0.4 is 5.32 Å². The summed E-state index contributed by atoms with van der Waals surface area (Å²) >= 11 is 0. The summed E-state index contributed by atoms with van der Waals surface area (Å²) < 4.78 is 0. The van der Waals surface area contributed by atoms with Gasteiger partial charge in [-0.3, -0.25) is 4.79 Å². The number of aliphatic hydroxyl groups excluding tert-OH is 1. The third kappa shape index (κ3) is 3.70. The summed E-state index contributed by atoms with van der Waals surface area (Å²) in [6, 6.07) is 9.10. The van der Waals surface area contributed by atoms with Gasteiger partial charge < -0.3 is 10.4 Å². The van der Waals surface area contributed by atoms with Crippen molar-refractivity contribution in [1.82, 2.24) is 5.32 Å². The van der Waals surface area contributed by atoms with Crippen LogP contribution in [-0.4, -0.2) is 17.6 Å². The minimum atomic E-state index is -0.510. The number of carbonyl (C=O) groups is 1. The van der Waals surface area contributed by atoms with Gasteiger partial charge in [0.15, 0.2) is 0 Å². The lowest BCUT2D eigenvalue weighted by atomic mass is 9.88. The second kappa shape index (κ2) is 6.36. The van der Waals surface area contributed by atoms with Crippen LogP contribution >= 0.6 is 0 Å². The van der Waals surface area contributed by atoms with Gasteiger partial charge in [0.25, 0.3) is 0 Å². The Balaban J connectivity index is 2.76. The van der Waals surface area contributed by atoms with Gasteiger partial charge in [0.1, 0.15) is 0 Å². The van der Waals surface area contributed by atoms with Crippen molar-refractivity contribution in [3.05, 3.63) is 48.6 Å². The van der Waals surface area contributed by atoms with Crippen LogP contribution in [0.3, 0.4) is 0 Å². The molecular formula is C15H21NO2. The zero-order chi connectivity index (χ0) is 13.6. The van der Waals surface area contributed by atoms with E-state index in [4.69, 9.17) is 0 Å². The second-order valence-electron chi connectivity index (χ2n) is 5.00. The molecule has 1 aromatic rings. The molecule has 0 aromatic heterocycles. The molecule has 0 saturated carbocycles. The lowest BCUT2D eigenvalue weighted by Gasteiger charge is -2.25. The van der Waals surface area contributed by atoms with Crippen molar-refractivity contribution in [2.24, 2.45) is 5.41 Å². The van der Waals surface area contributed by atoms with Crippen LogP contribution in [0.4, 0.5) is 0 Å². The van der Waals surface area contributed by atoms with Gasteiger partial charge in [0.05, 0.1) is 12.6 Å². The first-order chi connectivity index (χ1) is 8.51. The molecule has 98 valence electrons. The maximum atomic E-state index is 12.1. The van der Waals surface area contributed by atoms with Crippen molar-refractivity contribution in [1.29, 1.82) is 0 Å². The Bertz CT molecular complexity index is 398. The van der Waals surface area contributed by atoms with Crippen LogP contribution in [0.15, 0.2) is 43.0 Å². The number of carbonyl (C=O) groups excluding carboxylic acids is 1. The molecule has 0 bridgehead atoms. The van der Waals surface area contributed by atoms with E-state index in [1.807, 2.05) is 44.2 Å². The summed E-state index contributed by atoms with van der Waals surface area (Å²) in [5.41, 5.74) is 0.395. The van der Waals surface area contributed by atoms with E-state index in [1.54, 1.807) is 6.08 Å². The van der Waals surface area contributed by atoms with Gasteiger partial charge in [-0.05, 0) is 12.0 Å². The molecule has 0 aliphatic rings. The molecule has 1 amide bonds. The fourth-order valence-electron chi connectivity index (χ4n) is 1.73. The van der Waals surface area contributed by atoms with Gasteiger partial charge in [-0.2, -0.15) is 0 Å². The Morgan fingerprint density at radius 1 is 1.44 bits per heavy atom. The quantitative estimate of drug-likeness (QED) is 0.759. The van der Waals surface area contributed by atoms with E-state index < -0.39 is 5.41 Å². The third-order valence-corrected chi connectivity index (χ3v) is 2.96. The van der Waals surface area contributed by atoms with E-state index in [1.165, 1.54) is 0 Å². The minimum absolute atomic E-state index is 0.0784. The summed E-state index contributed by atoms with van der Waals surface area (Å²) in [6.07, 6.45) is 2.34. The fourth-order valence-corrected chi connectivity index (χ4v) is 1.73. The van der Waals surface area contributed by atoms with E-state index in [9.17, 15) is 9.90 Å². The van der Waals surface area contributed by atoms with Gasteiger partial charge in [0, 0.05) is 5.41 Å². The van der Waals surface area contributed by atoms with Crippen LogP contribution in [-0.2, 0) is 4.79 Å². The Hall–Kier alpha value is -1.61. The summed E-state index contributed by atoms with van der Waals surface area (Å²) in [4.78, 5) is 12.1. The number of hydrogen-bond acceptors (Lipinski definition) is 2. The maximum Gasteiger partial charge on any atom is 0.226 e. The van der Waals surface area contributed by atoms with Gasteiger partial charge in [-0.25, -0.2) is 0 Å². The molecule has 0 heterocycles. The van der Waals surface area contributed by atoms with Crippen LogP contribution in [0.2, 0.25) is 0 Å². The molecule has 3 heteroatoms. The number of aliphatic hydroxyl groups is 1. The number of amides is 1. The van der Waals surface area contributed by atoms with E-state index in [0.29, 0.717) is 6.42 Å². The molecule has 2 N–H and O–H groups in total. The number of rotatable bonds is 6. The molecule has 0 radical (unpaired) electrons. The highest BCUT2D eigenvalue weighted by Gasteiger charge is 2.28. The van der Waals surface area contributed by atoms with Gasteiger partial charge in [-0.1, -0.05) is 50.3 Å². The van der Waals surface area contributed by atoms with Crippen LogP contribution in [0.1, 0.15) is 31.9 Å². The Morgan fingerprint density at radius 2 is 2.06 bits per heavy atom. The lowest BCUT2D eigenvalue weighted by Crippen LogP contribution is -2.40. The van der Waals surface area contributed by atoms with Crippen molar-refractivity contribution < 1.29 is 9.90 Å². The van der Waals surface area contributed by atoms with E-state index in [0.717, 1.165) is 5.56 Å². The summed E-state index contributed by atoms with van der Waals surface area (Å²) in [5, 5.41) is 12.3. The van der Waals surface area contributed by atoms with E-state index >= 15 is 0 Å². The molecule has 0 aliphatic carbocycles. The van der Waals surface area contributed by atoms with Crippen LogP contribution in [0.5, 0.6) is 0 Å². The van der Waals surface area contributed by atoms with Crippen molar-refractivity contribution in [3.63, 3.8) is 0 Å². The predicted molar refractivity (Wildman–Crippen MR) is 73.0 cm³/mol. The van der Waals surface area contributed by atoms with Crippen LogP contribution in [0.25, 0.3) is 0 Å². The third-order valence-electron chi connectivity index (χ3n) is 2.96. The normalized spacial score (nSPS) is 12.8. The molecular weight excluding hydrogens is 226 g/mol. The fraction of sp³-hybridized carbons (Fsp3) is 0.400. The maximum absolute atomic E-state index is 12.1. The molecule has 0 saturated heterocycles. The SMILES string of the molecule is C=CCC(C)(C)C(=O)N[C@@H](CO)c1ccccc1. The zero-order valence-electron chi connectivity index (χ0n) is 11.0. The molecule has 18 heavy (non-hydrogen) atoms. The van der Waals surface area contributed by atoms with Crippen molar-refractivity contribution in [3.8, 4) is 0 Å². The molecule has 0 aliphatic heterocycles. The molecule has 3 nitrogen and oxygen atoms in total. The first kappa shape index (κ1) is 14.5. The first-order valence-corrected chi connectivity index (χ1v) is 6.09. The summed E-state index contributed by atoms with van der Waals surface area (Å²) in [6.45, 7) is 7.27. The molecule has 0 unspecified atom stereocenters. The summed E-state index contributed by atoms with van der Waals surface area (Å²) in [7, 11) is 0. The second-order valence-corrected chi connectivity index (χ2v) is 5.00. The standard InChI is InChI=1S/C15H21NO2/c1-4-10-15(2,3)14(18)16-13(11-17)12-8-6-5-7-9-12/h4-9,13,17H,1,10-11H2,2-3H3,(H,16,18)/t13-/m0/s1. The van der Waals surface area contributed by atoms with Gasteiger partial charge in [0.2, 0.25) is 5.91 Å². The number of benzene rings is 1. The minimum Gasteiger partial charge on any atom is -0.394 e. The number of nitrogens with one attached hydrogen (secondary N) is 1. The average molecular weight is 247 g/mol. The van der Waals surface area contributed by atoms with E-state index in [-0.39, 0.29) is 18.6 Å². The molecule has 0 fully saturated rings. The van der Waals surface area contributed by atoms with Crippen molar-refractivity contribution in [2.75, 3.05) is 6.61 Å². The molecule has 1 rings (SSSR count). The number of hydrogen-bond donors (Lipinski definition) is 2. The highest BCUT2D eigenvalue weighted by molar-refractivity contribution is 5.82. The van der Waals surface area contributed by atoms with Crippen molar-refractivity contribution in [2.45, 2.75) is 26.3 Å². The van der Waals surface area contributed by atoms with Crippen LogP contribution in [0, 0.1) is 5.41 Å². The Kier molecular flexibility index (Phi) is 5.10. The largest absolute Gasteiger partial charge is 0.394 e. The van der Waals surface area contributed by atoms with Gasteiger partial charge in [-0.15, -0.1) is 6.58 Å². The van der Waals surface area contributed by atoms with Crippen molar-refractivity contribution >= 4 is 5.91 Å². The molecule has 1 atom stereocenters. The first-order valence-electron chi connectivity index (χ1n) is 6.09. The Morgan fingerprint density at radius 3 is 2.56 bits per heavy atom. The molecule has 1 aromatic carbocycles. The highest BCUT2D eigenvalue weighted by atomic mass is 16.3. The summed E-state index contributed by atoms with van der Waals surface area (Å²) in [5.74, 6) is -0.0784.